The van der Waals surface area contributed by atoms with Gasteiger partial charge in [-0.3, -0.25) is 5.41 Å². The third-order valence-electron chi connectivity index (χ3n) is 4.59. The Morgan fingerprint density at radius 1 is 1.30 bits per heavy atom. The quantitative estimate of drug-likeness (QED) is 0.586. The van der Waals surface area contributed by atoms with Gasteiger partial charge in [-0.1, -0.05) is 32.9 Å². The van der Waals surface area contributed by atoms with Gasteiger partial charge in [0.2, 0.25) is 0 Å². The van der Waals surface area contributed by atoms with Crippen LogP contribution in [0.25, 0.3) is 0 Å². The highest BCUT2D eigenvalue weighted by atomic mass is 16.5. The molecule has 1 fully saturated rings. The summed E-state index contributed by atoms with van der Waals surface area (Å²) in [7, 11) is 0. The first-order chi connectivity index (χ1) is 9.37. The average Bonchev–Trinajstić information content (AvgIpc) is 3.16. The van der Waals surface area contributed by atoms with E-state index >= 15 is 0 Å². The first-order valence-electron chi connectivity index (χ1n) is 7.43. The molecule has 1 aromatic carbocycles. The molecule has 0 unspecified atom stereocenters. The lowest BCUT2D eigenvalue weighted by molar-refractivity contribution is 0.238. The maximum absolute atomic E-state index is 7.41. The summed E-state index contributed by atoms with van der Waals surface area (Å²) in [5.74, 6) is 1.18. The summed E-state index contributed by atoms with van der Waals surface area (Å²) in [5.41, 5.74) is 7.19. The third-order valence-corrected chi connectivity index (χ3v) is 4.59. The number of amidine groups is 1. The van der Waals surface area contributed by atoms with Crippen LogP contribution in [0.3, 0.4) is 0 Å². The molecule has 2 rings (SSSR count). The first-order valence-corrected chi connectivity index (χ1v) is 7.43. The van der Waals surface area contributed by atoms with E-state index in [4.69, 9.17) is 15.9 Å². The van der Waals surface area contributed by atoms with Gasteiger partial charge in [-0.05, 0) is 42.4 Å². The largest absolute Gasteiger partial charge is 0.493 e. The monoisotopic (exact) mass is 274 g/mol. The lowest BCUT2D eigenvalue weighted by Crippen LogP contribution is -2.21. The second-order valence-electron chi connectivity index (χ2n) is 6.75. The van der Waals surface area contributed by atoms with Crippen LogP contribution >= 0.6 is 0 Å². The summed E-state index contributed by atoms with van der Waals surface area (Å²) in [5, 5.41) is 7.41. The molecular weight excluding hydrogens is 248 g/mol. The maximum Gasteiger partial charge on any atom is 0.119 e. The van der Waals surface area contributed by atoms with Crippen LogP contribution in [-0.2, 0) is 5.41 Å². The van der Waals surface area contributed by atoms with Crippen LogP contribution in [0.5, 0.6) is 5.75 Å². The summed E-state index contributed by atoms with van der Waals surface area (Å²) < 4.78 is 5.88. The van der Waals surface area contributed by atoms with E-state index in [9.17, 15) is 0 Å². The molecule has 20 heavy (non-hydrogen) atoms. The summed E-state index contributed by atoms with van der Waals surface area (Å²) in [6.45, 7) is 7.40. The maximum atomic E-state index is 7.41. The third kappa shape index (κ3) is 3.53. The zero-order chi connectivity index (χ0) is 14.8. The van der Waals surface area contributed by atoms with Crippen molar-refractivity contribution < 1.29 is 4.74 Å². The summed E-state index contributed by atoms with van der Waals surface area (Å²) in [4.78, 5) is 0. The number of benzene rings is 1. The standard InChI is InChI=1S/C17H26N2O/c1-4-16(2,3)13-5-7-14(8-6-13)20-12-17(9-10-17)11-15(18)19/h5-8H,4,9-12H2,1-3H3,(H3,18,19). The van der Waals surface area contributed by atoms with E-state index in [1.54, 1.807) is 0 Å². The van der Waals surface area contributed by atoms with Gasteiger partial charge in [-0.15, -0.1) is 0 Å². The van der Waals surface area contributed by atoms with Gasteiger partial charge < -0.3 is 10.5 Å². The molecule has 0 aliphatic heterocycles. The molecule has 1 aliphatic rings. The minimum atomic E-state index is 0.132. The molecule has 0 aromatic heterocycles. The van der Waals surface area contributed by atoms with Crippen molar-refractivity contribution in [1.82, 2.24) is 0 Å². The first kappa shape index (κ1) is 14.9. The van der Waals surface area contributed by atoms with Crippen LogP contribution in [0.2, 0.25) is 0 Å². The van der Waals surface area contributed by atoms with E-state index in [0.717, 1.165) is 25.0 Å². The Kier molecular flexibility index (Phi) is 4.07. The van der Waals surface area contributed by atoms with E-state index in [2.05, 4.69) is 45.0 Å². The lowest BCUT2D eigenvalue weighted by atomic mass is 9.82. The van der Waals surface area contributed by atoms with E-state index in [1.165, 1.54) is 5.56 Å². The van der Waals surface area contributed by atoms with Crippen LogP contribution in [0.15, 0.2) is 24.3 Å². The second-order valence-corrected chi connectivity index (χ2v) is 6.75. The van der Waals surface area contributed by atoms with Gasteiger partial charge in [0.1, 0.15) is 5.75 Å². The Morgan fingerprint density at radius 2 is 1.90 bits per heavy atom. The van der Waals surface area contributed by atoms with E-state index < -0.39 is 0 Å². The summed E-state index contributed by atoms with van der Waals surface area (Å²) in [6, 6.07) is 8.42. The van der Waals surface area contributed by atoms with Gasteiger partial charge in [0, 0.05) is 11.8 Å². The van der Waals surface area contributed by atoms with E-state index in [1.807, 2.05) is 0 Å². The van der Waals surface area contributed by atoms with Crippen molar-refractivity contribution in [3.05, 3.63) is 29.8 Å². The van der Waals surface area contributed by atoms with Crippen LogP contribution in [0, 0.1) is 10.8 Å². The van der Waals surface area contributed by atoms with E-state index in [0.29, 0.717) is 13.0 Å². The van der Waals surface area contributed by atoms with E-state index in [-0.39, 0.29) is 16.7 Å². The fraction of sp³-hybridized carbons (Fsp3) is 0.588. The van der Waals surface area contributed by atoms with Gasteiger partial charge in [-0.2, -0.15) is 0 Å². The summed E-state index contributed by atoms with van der Waals surface area (Å²) >= 11 is 0. The minimum absolute atomic E-state index is 0.132. The van der Waals surface area contributed by atoms with Crippen molar-refractivity contribution in [1.29, 1.82) is 5.41 Å². The highest BCUT2D eigenvalue weighted by Gasteiger charge is 2.43. The zero-order valence-corrected chi connectivity index (χ0v) is 12.8. The molecule has 1 saturated carbocycles. The predicted molar refractivity (Wildman–Crippen MR) is 83.5 cm³/mol. The van der Waals surface area contributed by atoms with Crippen molar-refractivity contribution in [2.45, 2.75) is 51.9 Å². The molecule has 3 nitrogen and oxygen atoms in total. The number of hydrogen-bond acceptors (Lipinski definition) is 2. The van der Waals surface area contributed by atoms with Crippen LogP contribution in [0.4, 0.5) is 0 Å². The van der Waals surface area contributed by atoms with Crippen molar-refractivity contribution in [2.24, 2.45) is 11.1 Å². The second kappa shape index (κ2) is 5.47. The Morgan fingerprint density at radius 3 is 2.35 bits per heavy atom. The number of hydrogen-bond donors (Lipinski definition) is 2. The molecule has 0 bridgehead atoms. The Bertz CT molecular complexity index is 472. The molecular formula is C17H26N2O. The molecule has 0 amide bonds. The fourth-order valence-electron chi connectivity index (χ4n) is 2.40. The highest BCUT2D eigenvalue weighted by molar-refractivity contribution is 5.78. The van der Waals surface area contributed by atoms with Crippen molar-refractivity contribution in [2.75, 3.05) is 6.61 Å². The van der Waals surface area contributed by atoms with Gasteiger partial charge >= 0.3 is 0 Å². The van der Waals surface area contributed by atoms with Gasteiger partial charge in [0.15, 0.2) is 0 Å². The topological polar surface area (TPSA) is 59.1 Å². The molecule has 0 saturated heterocycles. The van der Waals surface area contributed by atoms with Crippen molar-refractivity contribution in [3.63, 3.8) is 0 Å². The molecule has 3 N–H and O–H groups in total. The number of nitrogens with two attached hydrogens (primary N) is 1. The zero-order valence-electron chi connectivity index (χ0n) is 12.8. The van der Waals surface area contributed by atoms with Gasteiger partial charge in [0.05, 0.1) is 12.4 Å². The van der Waals surface area contributed by atoms with Gasteiger partial charge in [-0.25, -0.2) is 0 Å². The number of ether oxygens (including phenoxy) is 1. The lowest BCUT2D eigenvalue weighted by Gasteiger charge is -2.23. The normalized spacial score (nSPS) is 16.8. The van der Waals surface area contributed by atoms with Gasteiger partial charge in [0.25, 0.3) is 0 Å². The Hall–Kier alpha value is -1.51. The number of rotatable bonds is 7. The Balaban J connectivity index is 1.93. The van der Waals surface area contributed by atoms with Crippen molar-refractivity contribution >= 4 is 5.84 Å². The molecule has 1 aliphatic carbocycles. The van der Waals surface area contributed by atoms with Crippen LogP contribution in [0.1, 0.15) is 52.0 Å². The SMILES string of the molecule is CCC(C)(C)c1ccc(OCC2(CC(=N)N)CC2)cc1. The Labute approximate surface area is 122 Å². The molecule has 0 radical (unpaired) electrons. The highest BCUT2D eigenvalue weighted by Crippen LogP contribution is 2.48. The average molecular weight is 274 g/mol. The summed E-state index contributed by atoms with van der Waals surface area (Å²) in [6.07, 6.45) is 4.02. The van der Waals surface area contributed by atoms with Crippen LogP contribution < -0.4 is 10.5 Å². The molecule has 110 valence electrons. The molecule has 0 spiro atoms. The molecule has 0 heterocycles. The predicted octanol–water partition coefficient (Wildman–Crippen LogP) is 3.86. The minimum Gasteiger partial charge on any atom is -0.493 e. The number of nitrogens with one attached hydrogen (secondary N) is 1. The smallest absolute Gasteiger partial charge is 0.119 e. The molecule has 1 aromatic rings. The van der Waals surface area contributed by atoms with Crippen LogP contribution in [-0.4, -0.2) is 12.4 Å². The fourth-order valence-corrected chi connectivity index (χ4v) is 2.40. The molecule has 3 heteroatoms. The molecule has 0 atom stereocenters. The van der Waals surface area contributed by atoms with Crippen molar-refractivity contribution in [3.8, 4) is 5.75 Å².